The van der Waals surface area contributed by atoms with Crippen LogP contribution in [0.25, 0.3) is 0 Å². The molecule has 1 aliphatic rings. The third-order valence-electron chi connectivity index (χ3n) is 2.07. The molecule has 1 saturated heterocycles. The quantitative estimate of drug-likeness (QED) is 0.487. The zero-order valence-corrected chi connectivity index (χ0v) is 6.90. The van der Waals surface area contributed by atoms with Crippen LogP contribution in [0.5, 0.6) is 0 Å². The predicted molar refractivity (Wildman–Crippen MR) is 36.7 cm³/mol. The number of hydrogen-bond acceptors (Lipinski definition) is 0. The zero-order valence-electron chi connectivity index (χ0n) is 5.75. The Morgan fingerprint density at radius 2 is 1.40 bits per heavy atom. The molecule has 0 atom stereocenters. The van der Waals surface area contributed by atoms with Gasteiger partial charge in [0.05, 0.1) is 0 Å². The van der Waals surface area contributed by atoms with Crippen molar-refractivity contribution in [3.8, 4) is 0 Å². The van der Waals surface area contributed by atoms with Gasteiger partial charge >= 0.3 is 5.80 Å². The Kier molecular flexibility index (Phi) is 2.39. The van der Waals surface area contributed by atoms with Crippen molar-refractivity contribution in [2.45, 2.75) is 37.2 Å². The molecule has 0 aliphatic carbocycles. The highest BCUT2D eigenvalue weighted by atomic mass is 28.3. The highest BCUT2D eigenvalue weighted by Crippen LogP contribution is 2.30. The van der Waals surface area contributed by atoms with Crippen LogP contribution in [0.2, 0.25) is 12.1 Å². The second-order valence-corrected chi connectivity index (χ2v) is 6.08. The first-order valence-corrected chi connectivity index (χ1v) is 5.88. The Morgan fingerprint density at radius 1 is 0.900 bits per heavy atom. The van der Waals surface area contributed by atoms with Crippen LogP contribution in [0.3, 0.4) is 0 Å². The van der Waals surface area contributed by atoms with E-state index < -0.39 is 14.6 Å². The zero-order chi connectivity index (χ0) is 7.61. The van der Waals surface area contributed by atoms with Gasteiger partial charge < -0.3 is 0 Å². The number of hydrogen-bond donors (Lipinski definition) is 0. The lowest BCUT2D eigenvalue weighted by Crippen LogP contribution is -2.34. The van der Waals surface area contributed by atoms with E-state index in [2.05, 4.69) is 0 Å². The molecule has 0 bridgehead atoms. The Balaban J connectivity index is 2.39. The van der Waals surface area contributed by atoms with Crippen LogP contribution in [0.15, 0.2) is 0 Å². The van der Waals surface area contributed by atoms with Crippen molar-refractivity contribution in [1.82, 2.24) is 0 Å². The maximum atomic E-state index is 12.0. The van der Waals surface area contributed by atoms with Gasteiger partial charge in [-0.2, -0.15) is 13.2 Å². The van der Waals surface area contributed by atoms with Crippen LogP contribution >= 0.6 is 0 Å². The Labute approximate surface area is 60.0 Å². The summed E-state index contributed by atoms with van der Waals surface area (Å²) in [5, 5.41) is 0. The highest BCUT2D eigenvalue weighted by Gasteiger charge is 2.40. The van der Waals surface area contributed by atoms with Crippen LogP contribution < -0.4 is 0 Å². The van der Waals surface area contributed by atoms with E-state index >= 15 is 0 Å². The fourth-order valence-corrected chi connectivity index (χ4v) is 3.94. The first-order valence-electron chi connectivity index (χ1n) is 3.67. The molecule has 0 nitrogen and oxygen atoms in total. The highest BCUT2D eigenvalue weighted by molar-refractivity contribution is 6.61. The van der Waals surface area contributed by atoms with E-state index in [1.165, 1.54) is 0 Å². The Bertz CT molecular complexity index is 104. The maximum absolute atomic E-state index is 12.0. The van der Waals surface area contributed by atoms with Crippen LogP contribution in [-0.2, 0) is 0 Å². The molecule has 0 spiro atoms. The van der Waals surface area contributed by atoms with E-state index in [9.17, 15) is 13.2 Å². The summed E-state index contributed by atoms with van der Waals surface area (Å²) in [7, 11) is -2.31. The molecule has 0 saturated carbocycles. The first-order chi connectivity index (χ1) is 4.61. The van der Waals surface area contributed by atoms with Crippen LogP contribution in [0.4, 0.5) is 13.2 Å². The molecule has 0 aromatic rings. The summed E-state index contributed by atoms with van der Waals surface area (Å²) in [6.07, 6.45) is 2.65. The number of rotatable bonds is 0. The lowest BCUT2D eigenvalue weighted by molar-refractivity contribution is -0.0528. The van der Waals surface area contributed by atoms with E-state index in [4.69, 9.17) is 0 Å². The fraction of sp³-hybridized carbons (Fsp3) is 1.00. The Hall–Kier alpha value is 0.00688. The number of alkyl halides is 3. The minimum atomic E-state index is -3.79. The molecule has 10 heavy (non-hydrogen) atoms. The molecule has 0 radical (unpaired) electrons. The third-order valence-corrected chi connectivity index (χ3v) is 5.20. The van der Waals surface area contributed by atoms with Gasteiger partial charge in [0.25, 0.3) is 0 Å². The topological polar surface area (TPSA) is 0 Å². The van der Waals surface area contributed by atoms with Crippen LogP contribution in [0.1, 0.15) is 19.3 Å². The van der Waals surface area contributed by atoms with Gasteiger partial charge in [-0.25, -0.2) is 0 Å². The largest absolute Gasteiger partial charge is 0.358 e. The van der Waals surface area contributed by atoms with Crippen LogP contribution in [-0.4, -0.2) is 14.6 Å². The number of halogens is 3. The SMILES string of the molecule is FC(F)(F)[SiH]1CCCCC1. The van der Waals surface area contributed by atoms with E-state index in [0.29, 0.717) is 12.1 Å². The summed E-state index contributed by atoms with van der Waals surface area (Å²) in [5.74, 6) is -3.79. The molecular formula is C6H11F3Si. The Morgan fingerprint density at radius 3 is 1.70 bits per heavy atom. The van der Waals surface area contributed by atoms with Crippen molar-refractivity contribution in [3.05, 3.63) is 0 Å². The van der Waals surface area contributed by atoms with Crippen molar-refractivity contribution in [1.29, 1.82) is 0 Å². The second kappa shape index (κ2) is 2.94. The second-order valence-electron chi connectivity index (χ2n) is 2.88. The molecule has 4 heteroatoms. The van der Waals surface area contributed by atoms with Crippen molar-refractivity contribution < 1.29 is 13.2 Å². The molecule has 1 fully saturated rings. The average molecular weight is 168 g/mol. The molecule has 0 aromatic heterocycles. The van der Waals surface area contributed by atoms with Gasteiger partial charge in [0.2, 0.25) is 0 Å². The van der Waals surface area contributed by atoms with E-state index in [1.807, 2.05) is 0 Å². The van der Waals surface area contributed by atoms with E-state index in [-0.39, 0.29) is 0 Å². The van der Waals surface area contributed by atoms with Gasteiger partial charge in [-0.1, -0.05) is 31.4 Å². The minimum absolute atomic E-state index is 0.490. The van der Waals surface area contributed by atoms with Gasteiger partial charge in [-0.15, -0.1) is 0 Å². The van der Waals surface area contributed by atoms with Gasteiger partial charge in [-0.3, -0.25) is 0 Å². The molecule has 0 amide bonds. The third kappa shape index (κ3) is 2.00. The van der Waals surface area contributed by atoms with E-state index in [1.54, 1.807) is 0 Å². The molecular weight excluding hydrogens is 157 g/mol. The fourth-order valence-electron chi connectivity index (χ4n) is 1.43. The molecule has 0 unspecified atom stereocenters. The van der Waals surface area contributed by atoms with E-state index in [0.717, 1.165) is 19.3 Å². The van der Waals surface area contributed by atoms with Gasteiger partial charge in [0.15, 0.2) is 8.80 Å². The lowest BCUT2D eigenvalue weighted by atomic mass is 10.3. The summed E-state index contributed by atoms with van der Waals surface area (Å²) < 4.78 is 36.0. The molecule has 0 N–H and O–H groups in total. The van der Waals surface area contributed by atoms with Crippen molar-refractivity contribution in [3.63, 3.8) is 0 Å². The molecule has 60 valence electrons. The minimum Gasteiger partial charge on any atom is -0.177 e. The van der Waals surface area contributed by atoms with Crippen molar-refractivity contribution in [2.24, 2.45) is 0 Å². The smallest absolute Gasteiger partial charge is 0.177 e. The summed E-state index contributed by atoms with van der Waals surface area (Å²) in [6.45, 7) is 0. The average Bonchev–Trinajstić information content (AvgIpc) is 1.88. The lowest BCUT2D eigenvalue weighted by Gasteiger charge is -2.21. The first kappa shape index (κ1) is 8.11. The van der Waals surface area contributed by atoms with Crippen molar-refractivity contribution in [2.75, 3.05) is 0 Å². The predicted octanol–water partition coefficient (Wildman–Crippen LogP) is 2.50. The molecule has 0 aromatic carbocycles. The maximum Gasteiger partial charge on any atom is 0.358 e. The van der Waals surface area contributed by atoms with Gasteiger partial charge in [-0.05, 0) is 0 Å². The normalized spacial score (nSPS) is 23.1. The molecule has 1 heterocycles. The summed E-state index contributed by atoms with van der Waals surface area (Å²) in [6, 6.07) is 0.979. The van der Waals surface area contributed by atoms with Crippen LogP contribution in [0, 0.1) is 0 Å². The standard InChI is InChI=1S/C6H11F3Si/c7-6(8,9)10-4-2-1-3-5-10/h10H,1-5H2. The summed E-state index contributed by atoms with van der Waals surface area (Å²) >= 11 is 0. The van der Waals surface area contributed by atoms with Gasteiger partial charge in [0, 0.05) is 0 Å². The van der Waals surface area contributed by atoms with Crippen molar-refractivity contribution >= 4 is 8.80 Å². The summed E-state index contributed by atoms with van der Waals surface area (Å²) in [4.78, 5) is 0. The monoisotopic (exact) mass is 168 g/mol. The molecule has 1 aliphatic heterocycles. The van der Waals surface area contributed by atoms with Gasteiger partial charge in [0.1, 0.15) is 0 Å². The molecule has 1 rings (SSSR count). The summed E-state index contributed by atoms with van der Waals surface area (Å²) in [5.41, 5.74) is 0.